The van der Waals surface area contributed by atoms with Gasteiger partial charge in [-0.15, -0.1) is 24.0 Å². The number of thioether (sulfide) groups is 1. The molecule has 0 amide bonds. The van der Waals surface area contributed by atoms with E-state index in [0.717, 1.165) is 18.1 Å². The number of nitrogens with zero attached hydrogens (tertiary/aromatic N) is 1. The zero-order chi connectivity index (χ0) is 16.0. The number of guanidine groups is 1. The van der Waals surface area contributed by atoms with E-state index >= 15 is 0 Å². The lowest BCUT2D eigenvalue weighted by atomic mass is 10.1. The second-order valence-corrected chi connectivity index (χ2v) is 7.45. The van der Waals surface area contributed by atoms with Crippen LogP contribution in [0.2, 0.25) is 0 Å². The number of hydrogen-bond acceptors (Lipinski definition) is 3. The number of halogens is 2. The molecule has 1 atom stereocenters. The van der Waals surface area contributed by atoms with Crippen molar-refractivity contribution in [2.45, 2.75) is 37.7 Å². The third-order valence-electron chi connectivity index (χ3n) is 3.89. The quantitative estimate of drug-likeness (QED) is 0.365. The summed E-state index contributed by atoms with van der Waals surface area (Å²) in [7, 11) is 1.74. The fourth-order valence-corrected chi connectivity index (χ4v) is 3.76. The molecule has 4 nitrogen and oxygen atoms in total. The van der Waals surface area contributed by atoms with Gasteiger partial charge in [-0.2, -0.15) is 11.8 Å². The van der Waals surface area contributed by atoms with Gasteiger partial charge < -0.3 is 15.7 Å². The third-order valence-corrected chi connectivity index (χ3v) is 5.43. The Kier molecular flexibility index (Phi) is 8.63. The van der Waals surface area contributed by atoms with Crippen LogP contribution in [0.4, 0.5) is 4.39 Å². The Hall–Kier alpha value is -0.540. The molecule has 23 heavy (non-hydrogen) atoms. The Morgan fingerprint density at radius 2 is 2.22 bits per heavy atom. The van der Waals surface area contributed by atoms with E-state index in [9.17, 15) is 4.39 Å². The minimum atomic E-state index is -0.375. The van der Waals surface area contributed by atoms with Crippen molar-refractivity contribution >= 4 is 41.7 Å². The zero-order valence-corrected chi connectivity index (χ0v) is 16.7. The van der Waals surface area contributed by atoms with Crippen molar-refractivity contribution in [2.24, 2.45) is 4.99 Å². The van der Waals surface area contributed by atoms with E-state index in [1.165, 1.54) is 24.7 Å². The molecule has 1 aliphatic rings. The molecule has 1 saturated heterocycles. The molecule has 0 saturated carbocycles. The van der Waals surface area contributed by atoms with Crippen molar-refractivity contribution in [3.05, 3.63) is 35.1 Å². The molecule has 3 N–H and O–H groups in total. The summed E-state index contributed by atoms with van der Waals surface area (Å²) in [5.41, 5.74) is 1.23. The smallest absolute Gasteiger partial charge is 0.191 e. The Morgan fingerprint density at radius 1 is 1.43 bits per heavy atom. The average Bonchev–Trinajstić information content (AvgIpc) is 2.96. The topological polar surface area (TPSA) is 56.7 Å². The molecule has 1 unspecified atom stereocenters. The van der Waals surface area contributed by atoms with Crippen LogP contribution in [0.3, 0.4) is 0 Å². The molecule has 0 aliphatic carbocycles. The second-order valence-electron chi connectivity index (χ2n) is 5.77. The van der Waals surface area contributed by atoms with Gasteiger partial charge in [0.25, 0.3) is 0 Å². The molecule has 2 rings (SSSR count). The minimum Gasteiger partial charge on any atom is -0.392 e. The first kappa shape index (κ1) is 20.5. The summed E-state index contributed by atoms with van der Waals surface area (Å²) in [6.45, 7) is 3.40. The number of benzene rings is 1. The van der Waals surface area contributed by atoms with Crippen LogP contribution in [0.15, 0.2) is 23.2 Å². The lowest BCUT2D eigenvalue weighted by Crippen LogP contribution is -2.43. The van der Waals surface area contributed by atoms with Crippen LogP contribution in [0.25, 0.3) is 0 Å². The first-order valence-corrected chi connectivity index (χ1v) is 8.51. The van der Waals surface area contributed by atoms with Gasteiger partial charge >= 0.3 is 0 Å². The van der Waals surface area contributed by atoms with Crippen LogP contribution >= 0.6 is 35.7 Å². The van der Waals surface area contributed by atoms with Crippen molar-refractivity contribution in [1.82, 2.24) is 10.6 Å². The maximum absolute atomic E-state index is 13.4. The summed E-state index contributed by atoms with van der Waals surface area (Å²) >= 11 is 2.00. The summed E-state index contributed by atoms with van der Waals surface area (Å²) in [6.07, 6.45) is 2.49. The molecule has 1 aromatic carbocycles. The SMILES string of the molecule is CN=C(NCc1ccc(F)c(CO)c1)NCC1(C)CCCS1.I. The van der Waals surface area contributed by atoms with E-state index < -0.39 is 0 Å². The van der Waals surface area contributed by atoms with Gasteiger partial charge in [0.2, 0.25) is 0 Å². The highest BCUT2D eigenvalue weighted by Crippen LogP contribution is 2.36. The Morgan fingerprint density at radius 3 is 2.83 bits per heavy atom. The number of aliphatic hydroxyl groups excluding tert-OH is 1. The van der Waals surface area contributed by atoms with Gasteiger partial charge in [0.15, 0.2) is 5.96 Å². The lowest BCUT2D eigenvalue weighted by Gasteiger charge is -2.24. The van der Waals surface area contributed by atoms with Gasteiger partial charge in [0, 0.05) is 30.4 Å². The maximum atomic E-state index is 13.4. The molecule has 0 aromatic heterocycles. The van der Waals surface area contributed by atoms with Crippen LogP contribution in [0, 0.1) is 5.82 Å². The van der Waals surface area contributed by atoms with Crippen LogP contribution in [-0.4, -0.2) is 35.2 Å². The molecule has 7 heteroatoms. The number of hydrogen-bond donors (Lipinski definition) is 3. The van der Waals surface area contributed by atoms with E-state index in [1.807, 2.05) is 11.8 Å². The molecule has 1 fully saturated rings. The minimum absolute atomic E-state index is 0. The number of rotatable bonds is 5. The molecule has 1 heterocycles. The van der Waals surface area contributed by atoms with Crippen molar-refractivity contribution < 1.29 is 9.50 Å². The molecular weight excluding hydrogens is 428 g/mol. The molecule has 1 aliphatic heterocycles. The Bertz CT molecular complexity index is 536. The van der Waals surface area contributed by atoms with Gasteiger partial charge in [-0.25, -0.2) is 4.39 Å². The molecule has 0 spiro atoms. The molecule has 0 bridgehead atoms. The van der Waals surface area contributed by atoms with E-state index in [1.54, 1.807) is 19.2 Å². The number of nitrogens with one attached hydrogen (secondary N) is 2. The average molecular weight is 453 g/mol. The molecular formula is C16H25FIN3OS. The lowest BCUT2D eigenvalue weighted by molar-refractivity contribution is 0.275. The summed E-state index contributed by atoms with van der Waals surface area (Å²) in [6, 6.07) is 4.77. The molecule has 1 aromatic rings. The van der Waals surface area contributed by atoms with E-state index in [4.69, 9.17) is 5.11 Å². The van der Waals surface area contributed by atoms with Gasteiger partial charge in [-0.1, -0.05) is 6.07 Å². The van der Waals surface area contributed by atoms with E-state index in [2.05, 4.69) is 22.5 Å². The van der Waals surface area contributed by atoms with Gasteiger partial charge in [0.1, 0.15) is 5.82 Å². The maximum Gasteiger partial charge on any atom is 0.191 e. The summed E-state index contributed by atoms with van der Waals surface area (Å²) in [5, 5.41) is 15.7. The van der Waals surface area contributed by atoms with Gasteiger partial charge in [0.05, 0.1) is 6.61 Å². The van der Waals surface area contributed by atoms with Gasteiger partial charge in [-0.3, -0.25) is 4.99 Å². The summed E-state index contributed by atoms with van der Waals surface area (Å²) in [4.78, 5) is 4.22. The Labute approximate surface area is 158 Å². The van der Waals surface area contributed by atoms with E-state index in [-0.39, 0.29) is 41.1 Å². The number of aliphatic hydroxyl groups is 1. The summed E-state index contributed by atoms with van der Waals surface area (Å²) in [5.74, 6) is 1.59. The second kappa shape index (κ2) is 9.68. The van der Waals surface area contributed by atoms with Crippen molar-refractivity contribution in [3.63, 3.8) is 0 Å². The monoisotopic (exact) mass is 453 g/mol. The molecule has 130 valence electrons. The fourth-order valence-electron chi connectivity index (χ4n) is 2.51. The van der Waals surface area contributed by atoms with E-state index in [0.29, 0.717) is 12.1 Å². The molecule has 0 radical (unpaired) electrons. The Balaban J connectivity index is 0.00000264. The summed E-state index contributed by atoms with van der Waals surface area (Å²) < 4.78 is 13.6. The van der Waals surface area contributed by atoms with Crippen LogP contribution < -0.4 is 10.6 Å². The third kappa shape index (κ3) is 6.11. The number of aliphatic imine (C=N–C) groups is 1. The predicted molar refractivity (Wildman–Crippen MR) is 106 cm³/mol. The highest BCUT2D eigenvalue weighted by atomic mass is 127. The van der Waals surface area contributed by atoms with Gasteiger partial charge in [-0.05, 0) is 43.2 Å². The highest BCUT2D eigenvalue weighted by Gasteiger charge is 2.29. The van der Waals surface area contributed by atoms with Crippen LogP contribution in [0.5, 0.6) is 0 Å². The van der Waals surface area contributed by atoms with Crippen molar-refractivity contribution in [1.29, 1.82) is 0 Å². The highest BCUT2D eigenvalue weighted by molar-refractivity contribution is 14.0. The zero-order valence-electron chi connectivity index (χ0n) is 13.6. The first-order valence-electron chi connectivity index (χ1n) is 7.53. The fraction of sp³-hybridized carbons (Fsp3) is 0.562. The van der Waals surface area contributed by atoms with Crippen LogP contribution in [0.1, 0.15) is 30.9 Å². The first-order chi connectivity index (χ1) is 10.6. The van der Waals surface area contributed by atoms with Crippen LogP contribution in [-0.2, 0) is 13.2 Å². The van der Waals surface area contributed by atoms with Crippen molar-refractivity contribution in [2.75, 3.05) is 19.3 Å². The largest absolute Gasteiger partial charge is 0.392 e. The van der Waals surface area contributed by atoms with Crippen molar-refractivity contribution in [3.8, 4) is 0 Å². The predicted octanol–water partition coefficient (Wildman–Crippen LogP) is 2.89. The standard InChI is InChI=1S/C16H24FN3OS.HI/c1-16(6-3-7-22-16)11-20-15(18-2)19-9-12-4-5-14(17)13(8-12)10-21;/h4-5,8,21H,3,6-7,9-11H2,1-2H3,(H2,18,19,20);1H. The normalized spacial score (nSPS) is 21.0.